The number of rotatable bonds is 4. The van der Waals surface area contributed by atoms with E-state index in [1.165, 1.54) is 18.2 Å². The van der Waals surface area contributed by atoms with Crippen LogP contribution in [-0.2, 0) is 16.4 Å². The van der Waals surface area contributed by atoms with Crippen LogP contribution in [0, 0.1) is 0 Å². The Morgan fingerprint density at radius 2 is 2.15 bits per heavy atom. The number of carbonyl (C=O) groups is 2. The van der Waals surface area contributed by atoms with E-state index in [4.69, 9.17) is 9.52 Å². The average Bonchev–Trinajstić information content (AvgIpc) is 2.93. The molecule has 8 nitrogen and oxygen atoms in total. The maximum absolute atomic E-state index is 11.5. The number of carboxylic acid groups (broad SMARTS) is 1. The second kappa shape index (κ2) is 5.37. The number of urea groups is 1. The molecule has 1 aliphatic heterocycles. The summed E-state index contributed by atoms with van der Waals surface area (Å²) in [5.41, 5.74) is 0. The summed E-state index contributed by atoms with van der Waals surface area (Å²) >= 11 is 0. The van der Waals surface area contributed by atoms with E-state index in [-0.39, 0.29) is 23.8 Å². The Kier molecular flexibility index (Phi) is 3.79. The molecule has 1 aromatic heterocycles. The van der Waals surface area contributed by atoms with E-state index in [0.29, 0.717) is 0 Å². The van der Waals surface area contributed by atoms with Crippen molar-refractivity contribution in [3.63, 3.8) is 0 Å². The number of carbonyl (C=O) groups excluding carboxylic acids is 1. The second-order valence-corrected chi connectivity index (χ2v) is 6.09. The zero-order valence-electron chi connectivity index (χ0n) is 10.2. The molecule has 0 aliphatic carbocycles. The molecule has 0 aromatic carbocycles. The van der Waals surface area contributed by atoms with Gasteiger partial charge in [-0.05, 0) is 18.2 Å². The highest BCUT2D eigenvalue weighted by atomic mass is 32.2. The molecule has 0 saturated heterocycles. The third-order valence-electron chi connectivity index (χ3n) is 2.54. The number of aromatic carboxylic acids is 1. The molecule has 0 fully saturated rings. The quantitative estimate of drug-likeness (QED) is 0.723. The topological polar surface area (TPSA) is 126 Å². The fraction of sp³-hybridized carbons (Fsp3) is 0.273. The van der Waals surface area contributed by atoms with Crippen LogP contribution in [0.1, 0.15) is 16.3 Å². The summed E-state index contributed by atoms with van der Waals surface area (Å²) < 4.78 is 27.2. The van der Waals surface area contributed by atoms with Crippen LogP contribution < -0.4 is 10.6 Å². The van der Waals surface area contributed by atoms with Crippen molar-refractivity contribution in [2.45, 2.75) is 12.6 Å². The van der Waals surface area contributed by atoms with Gasteiger partial charge >= 0.3 is 12.0 Å². The third kappa shape index (κ3) is 3.60. The Bertz CT molecular complexity index is 660. The molecule has 1 atom stereocenters. The van der Waals surface area contributed by atoms with E-state index in [2.05, 4.69) is 10.6 Å². The summed E-state index contributed by atoms with van der Waals surface area (Å²) in [4.78, 5) is 22.1. The van der Waals surface area contributed by atoms with Crippen molar-refractivity contribution in [3.8, 4) is 0 Å². The maximum atomic E-state index is 11.5. The Morgan fingerprint density at radius 1 is 1.40 bits per heavy atom. The summed E-state index contributed by atoms with van der Waals surface area (Å²) in [7, 11) is -3.22. The third-order valence-corrected chi connectivity index (χ3v) is 3.94. The average molecular weight is 300 g/mol. The summed E-state index contributed by atoms with van der Waals surface area (Å²) in [6, 6.07) is 1.59. The summed E-state index contributed by atoms with van der Waals surface area (Å²) in [6.07, 6.45) is 1.39. The van der Waals surface area contributed by atoms with Crippen LogP contribution in [-0.4, -0.2) is 37.3 Å². The lowest BCUT2D eigenvalue weighted by molar-refractivity contribution is 0.0660. The lowest BCUT2D eigenvalue weighted by Crippen LogP contribution is -2.42. The standard InChI is InChI=1S/C11H12N2O6S/c14-10(15)9-2-1-8(19-9)5-12-11(16)13-7-3-4-20(17,18)6-7/h1-4,7H,5-6H2,(H,14,15)(H2,12,13,16). The Hall–Kier alpha value is -2.29. The molecule has 2 amide bonds. The molecule has 0 bridgehead atoms. The zero-order chi connectivity index (χ0) is 14.8. The van der Waals surface area contributed by atoms with Crippen molar-refractivity contribution in [3.05, 3.63) is 35.1 Å². The Labute approximate surface area is 114 Å². The fourth-order valence-corrected chi connectivity index (χ4v) is 2.88. The van der Waals surface area contributed by atoms with Gasteiger partial charge in [0, 0.05) is 5.41 Å². The number of hydrogen-bond donors (Lipinski definition) is 3. The largest absolute Gasteiger partial charge is 0.475 e. The lowest BCUT2D eigenvalue weighted by Gasteiger charge is -2.10. The number of furan rings is 1. The molecule has 0 spiro atoms. The van der Waals surface area contributed by atoms with Crippen LogP contribution in [0.15, 0.2) is 28.0 Å². The van der Waals surface area contributed by atoms with Gasteiger partial charge in [-0.3, -0.25) is 0 Å². The van der Waals surface area contributed by atoms with Crippen molar-refractivity contribution in [1.82, 2.24) is 10.6 Å². The summed E-state index contributed by atoms with van der Waals surface area (Å²) in [6.45, 7) is 0.00228. The minimum absolute atomic E-state index is 0.00228. The number of carboxylic acids is 1. The van der Waals surface area contributed by atoms with Crippen LogP contribution in [0.25, 0.3) is 0 Å². The van der Waals surface area contributed by atoms with E-state index < -0.39 is 27.9 Å². The molecular formula is C11H12N2O6S. The van der Waals surface area contributed by atoms with Gasteiger partial charge in [0.15, 0.2) is 9.84 Å². The molecule has 3 N–H and O–H groups in total. The van der Waals surface area contributed by atoms with Gasteiger partial charge in [0.1, 0.15) is 5.76 Å². The second-order valence-electron chi connectivity index (χ2n) is 4.16. The predicted octanol–water partition coefficient (Wildman–Crippen LogP) is 0.0877. The van der Waals surface area contributed by atoms with Crippen LogP contribution in [0.4, 0.5) is 4.79 Å². The number of amides is 2. The molecule has 2 heterocycles. The van der Waals surface area contributed by atoms with Crippen molar-refractivity contribution in [1.29, 1.82) is 0 Å². The number of hydrogen-bond acceptors (Lipinski definition) is 5. The SMILES string of the molecule is O=C(NCc1ccc(C(=O)O)o1)NC1C=CS(=O)(=O)C1. The van der Waals surface area contributed by atoms with E-state index in [1.807, 2.05) is 0 Å². The first kappa shape index (κ1) is 14.1. The van der Waals surface area contributed by atoms with Gasteiger partial charge in [0.2, 0.25) is 5.76 Å². The normalized spacial score (nSPS) is 19.7. The van der Waals surface area contributed by atoms with Crippen LogP contribution in [0.2, 0.25) is 0 Å². The first-order valence-corrected chi connectivity index (χ1v) is 7.34. The van der Waals surface area contributed by atoms with Gasteiger partial charge in [-0.1, -0.05) is 0 Å². The van der Waals surface area contributed by atoms with E-state index in [9.17, 15) is 18.0 Å². The van der Waals surface area contributed by atoms with Gasteiger partial charge < -0.3 is 20.2 Å². The maximum Gasteiger partial charge on any atom is 0.371 e. The molecule has 1 aromatic rings. The van der Waals surface area contributed by atoms with Crippen LogP contribution in [0.3, 0.4) is 0 Å². The van der Waals surface area contributed by atoms with Crippen LogP contribution >= 0.6 is 0 Å². The van der Waals surface area contributed by atoms with Gasteiger partial charge in [0.25, 0.3) is 0 Å². The molecule has 0 saturated carbocycles. The monoisotopic (exact) mass is 300 g/mol. The van der Waals surface area contributed by atoms with Crippen molar-refractivity contribution >= 4 is 21.8 Å². The smallest absolute Gasteiger partial charge is 0.371 e. The number of sulfone groups is 1. The molecule has 0 radical (unpaired) electrons. The van der Waals surface area contributed by atoms with Gasteiger partial charge in [-0.25, -0.2) is 18.0 Å². The molecule has 20 heavy (non-hydrogen) atoms. The van der Waals surface area contributed by atoms with Crippen molar-refractivity contribution in [2.24, 2.45) is 0 Å². The molecule has 9 heteroatoms. The lowest BCUT2D eigenvalue weighted by atomic mass is 10.3. The molecular weight excluding hydrogens is 288 g/mol. The Balaban J connectivity index is 1.81. The molecule has 1 unspecified atom stereocenters. The van der Waals surface area contributed by atoms with Crippen molar-refractivity contribution < 1.29 is 27.5 Å². The zero-order valence-corrected chi connectivity index (χ0v) is 11.0. The summed E-state index contributed by atoms with van der Waals surface area (Å²) in [5, 5.41) is 14.6. The highest BCUT2D eigenvalue weighted by Crippen LogP contribution is 2.08. The molecule has 2 rings (SSSR count). The van der Waals surface area contributed by atoms with Gasteiger partial charge in [-0.15, -0.1) is 0 Å². The van der Waals surface area contributed by atoms with E-state index in [1.54, 1.807) is 0 Å². The first-order valence-electron chi connectivity index (χ1n) is 5.63. The highest BCUT2D eigenvalue weighted by molar-refractivity contribution is 7.94. The predicted molar refractivity (Wildman–Crippen MR) is 67.8 cm³/mol. The summed E-state index contributed by atoms with van der Waals surface area (Å²) in [5.74, 6) is -1.29. The molecule has 1 aliphatic rings. The van der Waals surface area contributed by atoms with E-state index >= 15 is 0 Å². The van der Waals surface area contributed by atoms with Crippen LogP contribution in [0.5, 0.6) is 0 Å². The van der Waals surface area contributed by atoms with Gasteiger partial charge in [0.05, 0.1) is 18.3 Å². The minimum atomic E-state index is -3.22. The minimum Gasteiger partial charge on any atom is -0.475 e. The van der Waals surface area contributed by atoms with E-state index in [0.717, 1.165) is 5.41 Å². The number of nitrogens with one attached hydrogen (secondary N) is 2. The van der Waals surface area contributed by atoms with Gasteiger partial charge in [-0.2, -0.15) is 0 Å². The Morgan fingerprint density at radius 3 is 2.70 bits per heavy atom. The molecule has 108 valence electrons. The van der Waals surface area contributed by atoms with Crippen molar-refractivity contribution in [2.75, 3.05) is 5.75 Å². The highest BCUT2D eigenvalue weighted by Gasteiger charge is 2.22. The first-order chi connectivity index (χ1) is 9.35. The fourth-order valence-electron chi connectivity index (χ4n) is 1.64.